The summed E-state index contributed by atoms with van der Waals surface area (Å²) in [6, 6.07) is 7.37. The number of ketones is 1. The number of benzene rings is 1. The molecule has 0 saturated carbocycles. The lowest BCUT2D eigenvalue weighted by Crippen LogP contribution is -2.14. The molecule has 82 valence electrons. The maximum atomic E-state index is 11.6. The van der Waals surface area contributed by atoms with Gasteiger partial charge in [-0.15, -0.1) is 0 Å². The Morgan fingerprint density at radius 2 is 2.12 bits per heavy atom. The van der Waals surface area contributed by atoms with E-state index in [2.05, 4.69) is 20.9 Å². The number of carbonyl (C=O) groups excluding carboxylic acids is 1. The van der Waals surface area contributed by atoms with Gasteiger partial charge < -0.3 is 4.98 Å². The number of rotatable bonds is 2. The van der Waals surface area contributed by atoms with Crippen molar-refractivity contribution < 1.29 is 4.79 Å². The largest absolute Gasteiger partial charge is 0.322 e. The lowest BCUT2D eigenvalue weighted by molar-refractivity contribution is -0.116. The standard InChI is InChI=1S/C12H10BrNO2/c1-7(15)4-9-5-8-6-10(13)2-3-11(8)14-12(9)16/h2-3,5-6H,4H2,1H3,(H,14,16). The average molecular weight is 280 g/mol. The number of H-pyrrole nitrogens is 1. The molecule has 0 radical (unpaired) electrons. The lowest BCUT2D eigenvalue weighted by Gasteiger charge is -2.02. The number of carbonyl (C=O) groups is 1. The van der Waals surface area contributed by atoms with E-state index in [-0.39, 0.29) is 17.8 Å². The van der Waals surface area contributed by atoms with Crippen molar-refractivity contribution in [2.75, 3.05) is 0 Å². The number of pyridine rings is 1. The summed E-state index contributed by atoms with van der Waals surface area (Å²) in [5, 5.41) is 0.922. The first-order valence-corrected chi connectivity index (χ1v) is 5.66. The van der Waals surface area contributed by atoms with Crippen molar-refractivity contribution in [3.05, 3.63) is 44.7 Å². The van der Waals surface area contributed by atoms with Gasteiger partial charge in [0.1, 0.15) is 5.78 Å². The molecule has 0 aliphatic carbocycles. The predicted octanol–water partition coefficient (Wildman–Crippen LogP) is 2.42. The topological polar surface area (TPSA) is 49.9 Å². The number of nitrogens with one attached hydrogen (secondary N) is 1. The van der Waals surface area contributed by atoms with E-state index in [1.165, 1.54) is 6.92 Å². The third kappa shape index (κ3) is 2.22. The summed E-state index contributed by atoms with van der Waals surface area (Å²) in [5.41, 5.74) is 1.10. The number of Topliss-reactive ketones (excluding diaryl/α,β-unsaturated/α-hetero) is 1. The highest BCUT2D eigenvalue weighted by Gasteiger charge is 2.05. The average Bonchev–Trinajstić information content (AvgIpc) is 2.19. The summed E-state index contributed by atoms with van der Waals surface area (Å²) in [6.45, 7) is 1.48. The van der Waals surface area contributed by atoms with Gasteiger partial charge in [-0.05, 0) is 36.6 Å². The van der Waals surface area contributed by atoms with Crippen molar-refractivity contribution in [3.8, 4) is 0 Å². The van der Waals surface area contributed by atoms with Crippen LogP contribution in [0.3, 0.4) is 0 Å². The van der Waals surface area contributed by atoms with Gasteiger partial charge in [-0.2, -0.15) is 0 Å². The summed E-state index contributed by atoms with van der Waals surface area (Å²) in [4.78, 5) is 25.4. The fourth-order valence-electron chi connectivity index (χ4n) is 1.62. The van der Waals surface area contributed by atoms with E-state index < -0.39 is 0 Å². The van der Waals surface area contributed by atoms with Crippen LogP contribution in [0.15, 0.2) is 33.5 Å². The van der Waals surface area contributed by atoms with Crippen molar-refractivity contribution in [1.29, 1.82) is 0 Å². The van der Waals surface area contributed by atoms with E-state index >= 15 is 0 Å². The molecular weight excluding hydrogens is 270 g/mol. The summed E-state index contributed by atoms with van der Waals surface area (Å²) in [7, 11) is 0. The molecule has 0 aliphatic rings. The molecular formula is C12H10BrNO2. The Morgan fingerprint density at radius 1 is 1.38 bits per heavy atom. The summed E-state index contributed by atoms with van der Waals surface area (Å²) < 4.78 is 0.945. The fourth-order valence-corrected chi connectivity index (χ4v) is 2.00. The molecule has 2 rings (SSSR count). The second-order valence-electron chi connectivity index (χ2n) is 3.73. The highest BCUT2D eigenvalue weighted by atomic mass is 79.9. The molecule has 1 aromatic heterocycles. The first-order valence-electron chi connectivity index (χ1n) is 4.87. The maximum Gasteiger partial charge on any atom is 0.252 e. The quantitative estimate of drug-likeness (QED) is 0.918. The van der Waals surface area contributed by atoms with Crippen LogP contribution < -0.4 is 5.56 Å². The number of hydrogen-bond donors (Lipinski definition) is 1. The van der Waals surface area contributed by atoms with E-state index in [1.54, 1.807) is 6.07 Å². The Morgan fingerprint density at radius 3 is 2.81 bits per heavy atom. The number of fused-ring (bicyclic) bond motifs is 1. The number of halogens is 1. The van der Waals surface area contributed by atoms with Crippen LogP contribution in [0, 0.1) is 0 Å². The lowest BCUT2D eigenvalue weighted by atomic mass is 10.1. The molecule has 1 aromatic carbocycles. The number of aromatic nitrogens is 1. The minimum Gasteiger partial charge on any atom is -0.322 e. The van der Waals surface area contributed by atoms with Gasteiger partial charge in [0.2, 0.25) is 0 Å². The third-order valence-corrected chi connectivity index (χ3v) is 2.82. The Labute approximate surface area is 101 Å². The van der Waals surface area contributed by atoms with Crippen LogP contribution >= 0.6 is 15.9 Å². The van der Waals surface area contributed by atoms with E-state index in [0.717, 1.165) is 15.4 Å². The minimum atomic E-state index is -0.190. The predicted molar refractivity (Wildman–Crippen MR) is 66.7 cm³/mol. The molecule has 16 heavy (non-hydrogen) atoms. The fraction of sp³-hybridized carbons (Fsp3) is 0.167. The SMILES string of the molecule is CC(=O)Cc1cc2cc(Br)ccc2[nH]c1=O. The van der Waals surface area contributed by atoms with Crippen molar-refractivity contribution in [1.82, 2.24) is 4.98 Å². The molecule has 0 saturated heterocycles. The van der Waals surface area contributed by atoms with Crippen molar-refractivity contribution in [2.45, 2.75) is 13.3 Å². The van der Waals surface area contributed by atoms with Crippen LogP contribution in [0.25, 0.3) is 10.9 Å². The van der Waals surface area contributed by atoms with Gasteiger partial charge >= 0.3 is 0 Å². The minimum absolute atomic E-state index is 0.0140. The molecule has 0 fully saturated rings. The second-order valence-corrected chi connectivity index (χ2v) is 4.65. The zero-order chi connectivity index (χ0) is 11.7. The molecule has 0 aliphatic heterocycles. The molecule has 0 amide bonds. The molecule has 2 aromatic rings. The number of aromatic amines is 1. The van der Waals surface area contributed by atoms with E-state index in [4.69, 9.17) is 0 Å². The van der Waals surface area contributed by atoms with Crippen molar-refractivity contribution in [3.63, 3.8) is 0 Å². The van der Waals surface area contributed by atoms with Crippen LogP contribution in [-0.4, -0.2) is 10.8 Å². The molecule has 0 atom stereocenters. The molecule has 0 bridgehead atoms. The van der Waals surface area contributed by atoms with Crippen LogP contribution in [0.1, 0.15) is 12.5 Å². The van der Waals surface area contributed by atoms with Crippen LogP contribution in [-0.2, 0) is 11.2 Å². The summed E-state index contributed by atoms with van der Waals surface area (Å²) >= 11 is 3.37. The van der Waals surface area contributed by atoms with E-state index in [0.29, 0.717) is 5.56 Å². The Balaban J connectivity index is 2.64. The molecule has 0 spiro atoms. The zero-order valence-electron chi connectivity index (χ0n) is 8.71. The second kappa shape index (κ2) is 4.22. The highest BCUT2D eigenvalue weighted by molar-refractivity contribution is 9.10. The van der Waals surface area contributed by atoms with Gasteiger partial charge in [-0.25, -0.2) is 0 Å². The number of hydrogen-bond acceptors (Lipinski definition) is 2. The van der Waals surface area contributed by atoms with Crippen molar-refractivity contribution in [2.24, 2.45) is 0 Å². The van der Waals surface area contributed by atoms with Crippen LogP contribution in [0.4, 0.5) is 0 Å². The van der Waals surface area contributed by atoms with Gasteiger partial charge in [-0.3, -0.25) is 9.59 Å². The third-order valence-electron chi connectivity index (χ3n) is 2.32. The maximum absolute atomic E-state index is 11.6. The Hall–Kier alpha value is -1.42. The van der Waals surface area contributed by atoms with Gasteiger partial charge in [0.05, 0.1) is 0 Å². The van der Waals surface area contributed by atoms with E-state index in [9.17, 15) is 9.59 Å². The van der Waals surface area contributed by atoms with Gasteiger partial charge in [-0.1, -0.05) is 15.9 Å². The monoisotopic (exact) mass is 279 g/mol. The Bertz CT molecular complexity index is 616. The summed E-state index contributed by atoms with van der Waals surface area (Å²) in [6.07, 6.45) is 0.178. The van der Waals surface area contributed by atoms with E-state index in [1.807, 2.05) is 18.2 Å². The van der Waals surface area contributed by atoms with Crippen LogP contribution in [0.5, 0.6) is 0 Å². The zero-order valence-corrected chi connectivity index (χ0v) is 10.3. The Kier molecular flexibility index (Phi) is 2.92. The van der Waals surface area contributed by atoms with Gasteiger partial charge in [0.15, 0.2) is 0 Å². The molecule has 3 nitrogen and oxygen atoms in total. The highest BCUT2D eigenvalue weighted by Crippen LogP contribution is 2.17. The first kappa shape index (κ1) is 11.1. The molecule has 0 unspecified atom stereocenters. The molecule has 1 heterocycles. The van der Waals surface area contributed by atoms with Crippen molar-refractivity contribution >= 4 is 32.6 Å². The normalized spacial score (nSPS) is 10.6. The summed E-state index contributed by atoms with van der Waals surface area (Å²) in [5.74, 6) is -0.0140. The van der Waals surface area contributed by atoms with Crippen LogP contribution in [0.2, 0.25) is 0 Å². The van der Waals surface area contributed by atoms with Gasteiger partial charge in [0.25, 0.3) is 5.56 Å². The first-order chi connectivity index (χ1) is 7.56. The molecule has 4 heteroatoms. The van der Waals surface area contributed by atoms with Gasteiger partial charge in [0, 0.05) is 22.0 Å². The smallest absolute Gasteiger partial charge is 0.252 e. The molecule has 1 N–H and O–H groups in total.